The molecule has 0 aliphatic heterocycles. The molecule has 0 saturated carbocycles. The van der Waals surface area contributed by atoms with Crippen molar-refractivity contribution in [3.8, 4) is 0 Å². The number of amides is 1. The highest BCUT2D eigenvalue weighted by Crippen LogP contribution is 2.16. The largest absolute Gasteiger partial charge is 0.394 e. The zero-order chi connectivity index (χ0) is 41.4. The number of aliphatic hydroxyl groups is 2. The SMILES string of the molecule is CCCCCCC/C=C\C/C=C\C/C=C\CCCCCCCCCCCCCCC(=O)NC(CO)C(O)/C=C/CCCCCCCCCCCCCCCCCC. The van der Waals surface area contributed by atoms with Crippen LogP contribution in [0, 0.1) is 0 Å². The van der Waals surface area contributed by atoms with Gasteiger partial charge >= 0.3 is 0 Å². The molecule has 0 radical (unpaired) electrons. The van der Waals surface area contributed by atoms with E-state index in [1.54, 1.807) is 6.08 Å². The lowest BCUT2D eigenvalue weighted by Crippen LogP contribution is -2.45. The van der Waals surface area contributed by atoms with E-state index >= 15 is 0 Å². The van der Waals surface area contributed by atoms with Crippen LogP contribution in [0.5, 0.6) is 0 Å². The van der Waals surface area contributed by atoms with Gasteiger partial charge in [-0.3, -0.25) is 4.79 Å². The average molecular weight is 798 g/mol. The molecule has 0 saturated heterocycles. The van der Waals surface area contributed by atoms with Gasteiger partial charge in [-0.05, 0) is 57.8 Å². The first-order chi connectivity index (χ1) is 28.2. The summed E-state index contributed by atoms with van der Waals surface area (Å²) in [6.45, 7) is 4.31. The molecule has 0 heterocycles. The van der Waals surface area contributed by atoms with Gasteiger partial charge in [-0.2, -0.15) is 0 Å². The van der Waals surface area contributed by atoms with Crippen molar-refractivity contribution >= 4 is 5.91 Å². The highest BCUT2D eigenvalue weighted by Gasteiger charge is 2.18. The summed E-state index contributed by atoms with van der Waals surface area (Å²) in [5.41, 5.74) is 0. The van der Waals surface area contributed by atoms with E-state index in [0.29, 0.717) is 6.42 Å². The van der Waals surface area contributed by atoms with Crippen molar-refractivity contribution in [3.63, 3.8) is 0 Å². The fraction of sp³-hybridized carbons (Fsp3) is 0.830. The second-order valence-electron chi connectivity index (χ2n) is 17.2. The van der Waals surface area contributed by atoms with Gasteiger partial charge in [0.05, 0.1) is 18.8 Å². The standard InChI is InChI=1S/C53H99NO3/c1-3-5-7-9-11-13-15-17-19-21-23-24-25-26-27-28-29-30-31-33-35-37-39-41-43-45-47-49-53(57)54-51(50-55)52(56)48-46-44-42-40-38-36-34-32-22-20-18-16-14-12-10-8-6-4-2/h15,17,21,23,25-26,46,48,51-52,55-56H,3-14,16,18-20,22,24,27-45,47,49-50H2,1-2H3,(H,54,57)/b17-15-,23-21-,26-25-,48-46+. The molecule has 0 aromatic carbocycles. The maximum absolute atomic E-state index is 12.4. The first kappa shape index (κ1) is 55.4. The molecule has 57 heavy (non-hydrogen) atoms. The van der Waals surface area contributed by atoms with E-state index in [-0.39, 0.29) is 12.5 Å². The molecular formula is C53H99NO3. The normalized spacial score (nSPS) is 13.3. The average Bonchev–Trinajstić information content (AvgIpc) is 3.22. The summed E-state index contributed by atoms with van der Waals surface area (Å²) in [4.78, 5) is 12.4. The third-order valence-electron chi connectivity index (χ3n) is 11.6. The number of allylic oxidation sites excluding steroid dienone is 7. The number of nitrogens with one attached hydrogen (secondary N) is 1. The summed E-state index contributed by atoms with van der Waals surface area (Å²) in [5, 5.41) is 23.1. The van der Waals surface area contributed by atoms with Gasteiger partial charge in [0.2, 0.25) is 5.91 Å². The van der Waals surface area contributed by atoms with E-state index in [1.165, 1.54) is 205 Å². The van der Waals surface area contributed by atoms with E-state index in [4.69, 9.17) is 0 Å². The Morgan fingerprint density at radius 1 is 0.421 bits per heavy atom. The fourth-order valence-corrected chi connectivity index (χ4v) is 7.66. The Morgan fingerprint density at radius 3 is 1.07 bits per heavy atom. The number of hydrogen-bond acceptors (Lipinski definition) is 3. The summed E-state index contributed by atoms with van der Waals surface area (Å²) in [5.74, 6) is -0.0649. The lowest BCUT2D eigenvalue weighted by molar-refractivity contribution is -0.123. The summed E-state index contributed by atoms with van der Waals surface area (Å²) in [6, 6.07) is -0.624. The van der Waals surface area contributed by atoms with E-state index in [2.05, 4.69) is 55.6 Å². The minimum atomic E-state index is -0.841. The molecule has 0 bridgehead atoms. The molecule has 2 unspecified atom stereocenters. The molecule has 0 aromatic heterocycles. The van der Waals surface area contributed by atoms with Crippen molar-refractivity contribution in [3.05, 3.63) is 48.6 Å². The highest BCUT2D eigenvalue weighted by molar-refractivity contribution is 5.76. The second-order valence-corrected chi connectivity index (χ2v) is 17.2. The van der Waals surface area contributed by atoms with Gasteiger partial charge in [0.15, 0.2) is 0 Å². The van der Waals surface area contributed by atoms with E-state index in [1.807, 2.05) is 6.08 Å². The highest BCUT2D eigenvalue weighted by atomic mass is 16.3. The molecule has 0 rings (SSSR count). The first-order valence-electron chi connectivity index (χ1n) is 25.4. The number of unbranched alkanes of at least 4 members (excludes halogenated alkanes) is 33. The molecule has 4 heteroatoms. The van der Waals surface area contributed by atoms with Crippen LogP contribution >= 0.6 is 0 Å². The van der Waals surface area contributed by atoms with Crippen molar-refractivity contribution < 1.29 is 15.0 Å². The van der Waals surface area contributed by atoms with Crippen molar-refractivity contribution in [2.45, 2.75) is 276 Å². The maximum atomic E-state index is 12.4. The van der Waals surface area contributed by atoms with Crippen LogP contribution in [-0.4, -0.2) is 34.9 Å². The molecule has 0 aromatic rings. The molecule has 4 nitrogen and oxygen atoms in total. The van der Waals surface area contributed by atoms with Crippen molar-refractivity contribution in [2.24, 2.45) is 0 Å². The van der Waals surface area contributed by atoms with Crippen LogP contribution in [0.4, 0.5) is 0 Å². The topological polar surface area (TPSA) is 69.6 Å². The Bertz CT molecular complexity index is 908. The zero-order valence-electron chi connectivity index (χ0n) is 38.4. The van der Waals surface area contributed by atoms with Gasteiger partial charge in [0, 0.05) is 6.42 Å². The molecule has 3 N–H and O–H groups in total. The summed E-state index contributed by atoms with van der Waals surface area (Å²) >= 11 is 0. The number of carbonyl (C=O) groups is 1. The molecule has 0 aliphatic carbocycles. The molecule has 2 atom stereocenters. The van der Waals surface area contributed by atoms with Crippen molar-refractivity contribution in [2.75, 3.05) is 6.61 Å². The van der Waals surface area contributed by atoms with Gasteiger partial charge < -0.3 is 15.5 Å². The summed E-state index contributed by atoms with van der Waals surface area (Å²) in [6.07, 6.45) is 66.7. The molecule has 0 fully saturated rings. The van der Waals surface area contributed by atoms with Crippen LogP contribution in [0.3, 0.4) is 0 Å². The first-order valence-corrected chi connectivity index (χ1v) is 25.4. The van der Waals surface area contributed by atoms with Crippen LogP contribution in [0.25, 0.3) is 0 Å². The Balaban J connectivity index is 3.53. The zero-order valence-corrected chi connectivity index (χ0v) is 38.4. The van der Waals surface area contributed by atoms with Gasteiger partial charge in [-0.25, -0.2) is 0 Å². The monoisotopic (exact) mass is 798 g/mol. The molecule has 0 aliphatic rings. The third kappa shape index (κ3) is 45.3. The lowest BCUT2D eigenvalue weighted by Gasteiger charge is -2.20. The van der Waals surface area contributed by atoms with Crippen molar-refractivity contribution in [1.29, 1.82) is 0 Å². The van der Waals surface area contributed by atoms with Crippen LogP contribution in [0.2, 0.25) is 0 Å². The molecule has 1 amide bonds. The summed E-state index contributed by atoms with van der Waals surface area (Å²) in [7, 11) is 0. The van der Waals surface area contributed by atoms with E-state index in [9.17, 15) is 15.0 Å². The van der Waals surface area contributed by atoms with Crippen LogP contribution in [0.1, 0.15) is 264 Å². The third-order valence-corrected chi connectivity index (χ3v) is 11.6. The predicted octanol–water partition coefficient (Wildman–Crippen LogP) is 16.3. The quantitative estimate of drug-likeness (QED) is 0.0424. The van der Waals surface area contributed by atoms with Crippen LogP contribution < -0.4 is 5.32 Å². The van der Waals surface area contributed by atoms with Crippen molar-refractivity contribution in [1.82, 2.24) is 5.32 Å². The molecule has 334 valence electrons. The number of carbonyl (C=O) groups excluding carboxylic acids is 1. The minimum absolute atomic E-state index is 0.0649. The van der Waals surface area contributed by atoms with Gasteiger partial charge in [0.1, 0.15) is 0 Å². The van der Waals surface area contributed by atoms with Crippen LogP contribution in [-0.2, 0) is 4.79 Å². The number of aliphatic hydroxyl groups excluding tert-OH is 2. The Kier molecular flexibility index (Phi) is 47.3. The van der Waals surface area contributed by atoms with Gasteiger partial charge in [0.25, 0.3) is 0 Å². The second kappa shape index (κ2) is 48.7. The predicted molar refractivity (Wildman–Crippen MR) is 253 cm³/mol. The Hall–Kier alpha value is -1.65. The smallest absolute Gasteiger partial charge is 0.220 e. The number of rotatable bonds is 46. The van der Waals surface area contributed by atoms with Gasteiger partial charge in [-0.1, -0.05) is 249 Å². The maximum Gasteiger partial charge on any atom is 0.220 e. The van der Waals surface area contributed by atoms with E-state index in [0.717, 1.165) is 38.5 Å². The minimum Gasteiger partial charge on any atom is -0.394 e. The fourth-order valence-electron chi connectivity index (χ4n) is 7.66. The summed E-state index contributed by atoms with van der Waals surface area (Å²) < 4.78 is 0. The van der Waals surface area contributed by atoms with Gasteiger partial charge in [-0.15, -0.1) is 0 Å². The van der Waals surface area contributed by atoms with E-state index < -0.39 is 12.1 Å². The van der Waals surface area contributed by atoms with Crippen LogP contribution in [0.15, 0.2) is 48.6 Å². The molecular weight excluding hydrogens is 699 g/mol. The Labute approximate surface area is 356 Å². The number of hydrogen-bond donors (Lipinski definition) is 3. The molecule has 0 spiro atoms. The Morgan fingerprint density at radius 2 is 0.719 bits per heavy atom. The lowest BCUT2D eigenvalue weighted by atomic mass is 10.0.